The SMILES string of the molecule is CN(C=O)C1=CCC(COc2ccc3c(c2)CCC2(CCN(C4CCC4)CC2)O3)N=C1. The number of piperidine rings is 1. The summed E-state index contributed by atoms with van der Waals surface area (Å²) in [6, 6.07) is 7.18. The largest absolute Gasteiger partial charge is 0.491 e. The fourth-order valence-electron chi connectivity index (χ4n) is 5.14. The lowest BCUT2D eigenvalue weighted by molar-refractivity contribution is -0.115. The molecule has 1 saturated carbocycles. The first-order valence-corrected chi connectivity index (χ1v) is 11.7. The Kier molecular flexibility index (Phi) is 5.74. The summed E-state index contributed by atoms with van der Waals surface area (Å²) in [5, 5.41) is 0. The smallest absolute Gasteiger partial charge is 0.213 e. The molecule has 2 fully saturated rings. The minimum absolute atomic E-state index is 0.0329. The molecule has 1 amide bonds. The summed E-state index contributed by atoms with van der Waals surface area (Å²) in [6.45, 7) is 2.90. The van der Waals surface area contributed by atoms with E-state index in [1.807, 2.05) is 12.1 Å². The number of carbonyl (C=O) groups excluding carboxylic acids is 1. The molecule has 3 heterocycles. The van der Waals surface area contributed by atoms with Crippen LogP contribution in [0.2, 0.25) is 0 Å². The van der Waals surface area contributed by atoms with Crippen molar-refractivity contribution in [2.75, 3.05) is 26.7 Å². The summed E-state index contributed by atoms with van der Waals surface area (Å²) in [5.41, 5.74) is 2.13. The lowest BCUT2D eigenvalue weighted by Crippen LogP contribution is -2.53. The molecule has 166 valence electrons. The fraction of sp³-hybridized carbons (Fsp3) is 0.600. The van der Waals surface area contributed by atoms with Crippen LogP contribution in [0.25, 0.3) is 0 Å². The van der Waals surface area contributed by atoms with E-state index in [1.165, 1.54) is 42.8 Å². The number of benzene rings is 1. The Morgan fingerprint density at radius 3 is 2.81 bits per heavy atom. The van der Waals surface area contributed by atoms with E-state index in [-0.39, 0.29) is 11.6 Å². The van der Waals surface area contributed by atoms with Crippen molar-refractivity contribution in [3.63, 3.8) is 0 Å². The van der Waals surface area contributed by atoms with E-state index < -0.39 is 0 Å². The van der Waals surface area contributed by atoms with Crippen LogP contribution in [0.15, 0.2) is 35.0 Å². The third kappa shape index (κ3) is 4.36. The highest BCUT2D eigenvalue weighted by molar-refractivity contribution is 5.82. The fourth-order valence-corrected chi connectivity index (χ4v) is 5.14. The number of hydrogen-bond donors (Lipinski definition) is 0. The van der Waals surface area contributed by atoms with Crippen molar-refractivity contribution in [1.82, 2.24) is 9.80 Å². The normalized spacial score (nSPS) is 25.2. The van der Waals surface area contributed by atoms with Gasteiger partial charge >= 0.3 is 0 Å². The zero-order chi connectivity index (χ0) is 21.3. The molecular weight excluding hydrogens is 390 g/mol. The second kappa shape index (κ2) is 8.65. The Hall–Kier alpha value is -2.34. The number of hydrogen-bond acceptors (Lipinski definition) is 5. The number of allylic oxidation sites excluding steroid dienone is 1. The van der Waals surface area contributed by atoms with Crippen LogP contribution in [0.4, 0.5) is 0 Å². The first-order chi connectivity index (χ1) is 15.1. The average molecular weight is 424 g/mol. The Morgan fingerprint density at radius 2 is 2.13 bits per heavy atom. The standard InChI is InChI=1S/C25H33N3O3/c1-27(18-29)22-6-5-20(26-16-22)17-30-23-7-8-24-19(15-23)9-10-25(31-24)11-13-28(14-12-25)21-3-2-4-21/h6-8,15-16,18,20-21H,2-5,9-14,17H2,1H3. The number of nitrogens with zero attached hydrogens (tertiary/aromatic N) is 3. The summed E-state index contributed by atoms with van der Waals surface area (Å²) < 4.78 is 12.6. The molecule has 31 heavy (non-hydrogen) atoms. The lowest BCUT2D eigenvalue weighted by atomic mass is 9.81. The second-order valence-electron chi connectivity index (χ2n) is 9.50. The number of amides is 1. The van der Waals surface area contributed by atoms with Crippen molar-refractivity contribution < 1.29 is 14.3 Å². The molecule has 5 rings (SSSR count). The summed E-state index contributed by atoms with van der Waals surface area (Å²) in [4.78, 5) is 19.6. The number of likely N-dealkylation sites (tertiary alicyclic amines) is 1. The molecule has 3 aliphatic heterocycles. The van der Waals surface area contributed by atoms with Crippen molar-refractivity contribution in [1.29, 1.82) is 0 Å². The molecule has 1 unspecified atom stereocenters. The van der Waals surface area contributed by atoms with Gasteiger partial charge in [-0.25, -0.2) is 0 Å². The van der Waals surface area contributed by atoms with E-state index in [1.54, 1.807) is 13.3 Å². The predicted octanol–water partition coefficient (Wildman–Crippen LogP) is 3.59. The molecule has 1 aliphatic carbocycles. The molecular formula is C25H33N3O3. The molecule has 0 aromatic heterocycles. The lowest BCUT2D eigenvalue weighted by Gasteiger charge is -2.48. The van der Waals surface area contributed by atoms with Gasteiger partial charge < -0.3 is 19.3 Å². The Morgan fingerprint density at radius 1 is 1.29 bits per heavy atom. The highest BCUT2D eigenvalue weighted by Gasteiger charge is 2.41. The molecule has 4 aliphatic rings. The number of dihydropyridines is 1. The molecule has 6 nitrogen and oxygen atoms in total. The Balaban J connectivity index is 1.14. The molecule has 0 bridgehead atoms. The Bertz CT molecular complexity index is 869. The van der Waals surface area contributed by atoms with Crippen LogP contribution < -0.4 is 9.47 Å². The van der Waals surface area contributed by atoms with Crippen molar-refractivity contribution >= 4 is 12.6 Å². The summed E-state index contributed by atoms with van der Waals surface area (Å²) in [7, 11) is 1.73. The predicted molar refractivity (Wildman–Crippen MR) is 121 cm³/mol. The van der Waals surface area contributed by atoms with Gasteiger partial charge in [-0.15, -0.1) is 0 Å². The Labute approximate surface area is 184 Å². The van der Waals surface area contributed by atoms with Crippen molar-refractivity contribution in [3.05, 3.63) is 35.5 Å². The minimum Gasteiger partial charge on any atom is -0.491 e. The number of aryl methyl sites for hydroxylation is 1. The van der Waals surface area contributed by atoms with E-state index in [4.69, 9.17) is 9.47 Å². The van der Waals surface area contributed by atoms with Gasteiger partial charge in [0.05, 0.1) is 11.7 Å². The number of rotatable bonds is 6. The van der Waals surface area contributed by atoms with Crippen LogP contribution in [0, 0.1) is 0 Å². The third-order valence-electron chi connectivity index (χ3n) is 7.53. The molecule has 1 aromatic carbocycles. The molecule has 1 saturated heterocycles. The van der Waals surface area contributed by atoms with Crippen LogP contribution >= 0.6 is 0 Å². The number of aliphatic imine (C=N–C) groups is 1. The van der Waals surface area contributed by atoms with Gasteiger partial charge in [0.1, 0.15) is 23.7 Å². The quantitative estimate of drug-likeness (QED) is 0.656. The maximum absolute atomic E-state index is 10.9. The zero-order valence-electron chi connectivity index (χ0n) is 18.5. The first-order valence-electron chi connectivity index (χ1n) is 11.7. The maximum atomic E-state index is 10.9. The van der Waals surface area contributed by atoms with Gasteiger partial charge in [0.2, 0.25) is 6.41 Å². The van der Waals surface area contributed by atoms with Gasteiger partial charge in [-0.1, -0.05) is 12.5 Å². The average Bonchev–Trinajstić information content (AvgIpc) is 2.78. The highest BCUT2D eigenvalue weighted by Crippen LogP contribution is 2.41. The first kappa shape index (κ1) is 20.6. The molecule has 1 atom stereocenters. The summed E-state index contributed by atoms with van der Waals surface area (Å²) in [6.07, 6.45) is 14.0. The monoisotopic (exact) mass is 423 g/mol. The van der Waals surface area contributed by atoms with Gasteiger partial charge in [0.25, 0.3) is 0 Å². The molecule has 1 spiro atoms. The van der Waals surface area contributed by atoms with Gasteiger partial charge in [-0.3, -0.25) is 9.79 Å². The zero-order valence-corrected chi connectivity index (χ0v) is 18.5. The van der Waals surface area contributed by atoms with Gasteiger partial charge in [0.15, 0.2) is 0 Å². The second-order valence-corrected chi connectivity index (χ2v) is 9.50. The summed E-state index contributed by atoms with van der Waals surface area (Å²) >= 11 is 0. The van der Waals surface area contributed by atoms with E-state index in [0.29, 0.717) is 6.61 Å². The van der Waals surface area contributed by atoms with E-state index in [9.17, 15) is 4.79 Å². The highest BCUT2D eigenvalue weighted by atomic mass is 16.5. The van der Waals surface area contributed by atoms with Crippen molar-refractivity contribution in [3.8, 4) is 11.5 Å². The van der Waals surface area contributed by atoms with Crippen LogP contribution in [0.3, 0.4) is 0 Å². The molecule has 1 aromatic rings. The van der Waals surface area contributed by atoms with Crippen LogP contribution in [-0.4, -0.2) is 66.9 Å². The topological polar surface area (TPSA) is 54.4 Å². The van der Waals surface area contributed by atoms with E-state index in [0.717, 1.165) is 61.8 Å². The number of carbonyl (C=O) groups is 1. The van der Waals surface area contributed by atoms with Gasteiger partial charge in [0, 0.05) is 32.4 Å². The third-order valence-corrected chi connectivity index (χ3v) is 7.53. The number of ether oxygens (including phenoxy) is 2. The van der Waals surface area contributed by atoms with E-state index in [2.05, 4.69) is 22.0 Å². The molecule has 0 N–H and O–H groups in total. The van der Waals surface area contributed by atoms with Crippen molar-refractivity contribution in [2.24, 2.45) is 4.99 Å². The van der Waals surface area contributed by atoms with Crippen LogP contribution in [-0.2, 0) is 11.2 Å². The molecule has 6 heteroatoms. The van der Waals surface area contributed by atoms with Crippen LogP contribution in [0.1, 0.15) is 50.5 Å². The van der Waals surface area contributed by atoms with Gasteiger partial charge in [-0.2, -0.15) is 0 Å². The minimum atomic E-state index is 0.0329. The van der Waals surface area contributed by atoms with E-state index >= 15 is 0 Å². The number of fused-ring (bicyclic) bond motifs is 1. The maximum Gasteiger partial charge on any atom is 0.213 e. The summed E-state index contributed by atoms with van der Waals surface area (Å²) in [5.74, 6) is 1.92. The molecule has 0 radical (unpaired) electrons. The van der Waals surface area contributed by atoms with Crippen LogP contribution in [0.5, 0.6) is 11.5 Å². The van der Waals surface area contributed by atoms with Crippen molar-refractivity contribution in [2.45, 2.75) is 69.1 Å². The van der Waals surface area contributed by atoms with Gasteiger partial charge in [-0.05, 0) is 68.7 Å².